The zero-order chi connectivity index (χ0) is 4.00. The second-order valence-electron chi connectivity index (χ2n) is 0. The maximum atomic E-state index is 4.61. The predicted molar refractivity (Wildman–Crippen MR) is 73.2 cm³/mol. The minimum Gasteiger partial charge on any atom is -0.693 e. The van der Waals surface area contributed by atoms with Gasteiger partial charge < -0.3 is 71.5 Å². The van der Waals surface area contributed by atoms with E-state index in [0.29, 0.717) is 0 Å². The third kappa shape index (κ3) is 606. The molecule has 0 aromatic heterocycles. The Balaban J connectivity index is -0.000000000205. The van der Waals surface area contributed by atoms with Crippen molar-refractivity contribution in [3.05, 3.63) is 71.5 Å². The van der Waals surface area contributed by atoms with E-state index in [1.165, 1.54) is 0 Å². The van der Waals surface area contributed by atoms with Crippen molar-refractivity contribution in [3.63, 3.8) is 0 Å². The number of halogens is 2. The van der Waals surface area contributed by atoms with Crippen LogP contribution in [0.25, 0.3) is 49.2 Å². The molecule has 14 heteroatoms. The number of rotatable bonds is 0. The van der Waals surface area contributed by atoms with Crippen LogP contribution in [-0.2, 0) is 79.7 Å². The second-order valence-corrected chi connectivity index (χ2v) is 0. The zero-order valence-corrected chi connectivity index (χ0v) is 20.2. The van der Waals surface area contributed by atoms with Crippen molar-refractivity contribution in [2.24, 2.45) is 0 Å². The Labute approximate surface area is 168 Å². The monoisotopic (exact) mass is 1020 g/mol. The molecular formula is C3H25Cl2N8Pt4-11. The average molecular weight is 1020 g/mol. The molecule has 142 valence electrons. The molecular weight excluding hydrogens is 999 g/mol. The summed E-state index contributed by atoms with van der Waals surface area (Å²) < 4.78 is 0. The van der Waals surface area contributed by atoms with E-state index in [1.807, 2.05) is 0 Å². The van der Waals surface area contributed by atoms with Crippen LogP contribution in [0, 0.1) is 22.3 Å². The fourth-order valence-electron chi connectivity index (χ4n) is 0. The zero-order valence-electron chi connectivity index (χ0n) is 9.64. The minimum absolute atomic E-state index is 0. The van der Waals surface area contributed by atoms with Gasteiger partial charge in [0.2, 0.25) is 0 Å². The van der Waals surface area contributed by atoms with Crippen molar-refractivity contribution in [1.29, 1.82) is 0 Å². The van der Waals surface area contributed by atoms with Crippen molar-refractivity contribution >= 4 is 18.8 Å². The Morgan fingerprint density at radius 3 is 0.353 bits per heavy atom. The first-order valence-electron chi connectivity index (χ1n) is 0.239. The van der Waals surface area contributed by atoms with Gasteiger partial charge >= 0.3 is 56.4 Å². The topological polar surface area (TPSA) is 268 Å². The van der Waals surface area contributed by atoms with E-state index in [2.05, 4.69) is 18.8 Å². The van der Waals surface area contributed by atoms with Gasteiger partial charge in [0.15, 0.2) is 0 Å². The maximum absolute atomic E-state index is 4.61. The quantitative estimate of drug-likeness (QED) is 0.207. The van der Waals surface area contributed by atoms with Crippen LogP contribution in [0.4, 0.5) is 0 Å². The summed E-state index contributed by atoms with van der Waals surface area (Å²) in [4.78, 5) is 0. The Hall–Kier alpha value is 3.01. The number of hydrogen-bond donors (Lipinski definition) is 0. The van der Waals surface area contributed by atoms with Crippen molar-refractivity contribution in [2.75, 3.05) is 0 Å². The number of hydrogen-bond acceptors (Lipinski definition) is 0. The summed E-state index contributed by atoms with van der Waals surface area (Å²) in [6.07, 6.45) is 0. The molecule has 0 aromatic carbocycles. The standard InChI is InChI=1S/3CH3.2ClH.8H2N.4Pt/h3*1H3;2*1H;8*1H2;;;;/q3*-1;;;8*-1;;;2*+1/p-2. The fraction of sp³-hybridized carbons (Fsp3) is 0. The number of nitrogens with two attached hydrogens (primary N) is 8. The van der Waals surface area contributed by atoms with Gasteiger partial charge in [0.05, 0.1) is 0 Å². The molecule has 0 aromatic rings. The van der Waals surface area contributed by atoms with Gasteiger partial charge in [-0.1, -0.05) is 0 Å². The van der Waals surface area contributed by atoms with Gasteiger partial charge in [-0.2, -0.15) is 0 Å². The van der Waals surface area contributed by atoms with Crippen LogP contribution >= 0.6 is 18.8 Å². The molecule has 16 N–H and O–H groups in total. The average Bonchev–Trinajstić information content (AvgIpc) is 1.50. The minimum atomic E-state index is 0. The molecule has 0 atom stereocenters. The van der Waals surface area contributed by atoms with E-state index < -0.39 is 0 Å². The van der Waals surface area contributed by atoms with Crippen LogP contribution in [0.5, 0.6) is 0 Å². The Morgan fingerprint density at radius 1 is 0.353 bits per heavy atom. The molecule has 0 aliphatic rings. The van der Waals surface area contributed by atoms with Gasteiger partial charge in [-0.15, -0.1) is 0 Å². The van der Waals surface area contributed by atoms with Gasteiger partial charge in [0.25, 0.3) is 0 Å². The second kappa shape index (κ2) is 679. The summed E-state index contributed by atoms with van der Waals surface area (Å²) in [5, 5.41) is 0. The van der Waals surface area contributed by atoms with E-state index in [9.17, 15) is 0 Å². The Bertz CT molecular complexity index is 30.7. The molecule has 0 spiro atoms. The molecule has 0 unspecified atom stereocenters. The summed E-state index contributed by atoms with van der Waals surface area (Å²) in [6.45, 7) is 0. The normalized spacial score (nSPS) is 0.824. The van der Waals surface area contributed by atoms with Gasteiger partial charge in [-0.25, -0.2) is 0 Å². The fourth-order valence-corrected chi connectivity index (χ4v) is 0. The van der Waals surface area contributed by atoms with Crippen molar-refractivity contribution in [1.82, 2.24) is 0 Å². The van der Waals surface area contributed by atoms with E-state index in [1.54, 1.807) is 37.5 Å². The van der Waals surface area contributed by atoms with Gasteiger partial charge in [-0.05, 0) is 0 Å². The van der Waals surface area contributed by atoms with Crippen LogP contribution in [0.1, 0.15) is 0 Å². The predicted octanol–water partition coefficient (Wildman–Crippen LogP) is 8.46. The summed E-state index contributed by atoms with van der Waals surface area (Å²) in [5.41, 5.74) is 0. The van der Waals surface area contributed by atoms with Gasteiger partial charge in [0, 0.05) is 42.1 Å². The first-order chi connectivity index (χ1) is 2.00. The largest absolute Gasteiger partial charge is 0.693 e. The van der Waals surface area contributed by atoms with E-state index in [0.717, 1.165) is 0 Å². The first kappa shape index (κ1) is 288. The summed E-state index contributed by atoms with van der Waals surface area (Å²) in [6, 6.07) is 0. The molecule has 0 saturated carbocycles. The van der Waals surface area contributed by atoms with Crippen LogP contribution in [-0.4, -0.2) is 0 Å². The molecule has 0 rings (SSSR count). The maximum Gasteiger partial charge on any atom is 0 e. The van der Waals surface area contributed by atoms with Crippen LogP contribution < -0.4 is 0 Å². The summed E-state index contributed by atoms with van der Waals surface area (Å²) >= 11 is 3.22. The molecule has 0 fully saturated rings. The SMILES string of the molecule is [CH3-].[CH3-].[CH3-].[Cl][Pt].[Cl][Pt].[NH2-].[NH2-].[NH2-].[NH2-].[NH2-].[NH2-].[NH2-].[NH2-].[Pt].[Pt]. The molecule has 0 bridgehead atoms. The van der Waals surface area contributed by atoms with Crippen molar-refractivity contribution in [2.45, 2.75) is 0 Å². The van der Waals surface area contributed by atoms with Gasteiger partial charge in [-0.3, -0.25) is 0 Å². The van der Waals surface area contributed by atoms with Crippen LogP contribution in [0.3, 0.4) is 0 Å². The van der Waals surface area contributed by atoms with Crippen LogP contribution in [0.2, 0.25) is 0 Å². The van der Waals surface area contributed by atoms with E-state index >= 15 is 0 Å². The Morgan fingerprint density at radius 2 is 0.353 bits per heavy atom. The first-order valence-corrected chi connectivity index (χ1v) is 5.87. The third-order valence-corrected chi connectivity index (χ3v) is 0. The van der Waals surface area contributed by atoms with Crippen LogP contribution in [0.15, 0.2) is 0 Å². The summed E-state index contributed by atoms with van der Waals surface area (Å²) in [5.74, 6) is 0. The third-order valence-electron chi connectivity index (χ3n) is 0. The van der Waals surface area contributed by atoms with Gasteiger partial charge in [0.1, 0.15) is 0 Å². The molecule has 0 radical (unpaired) electrons. The summed E-state index contributed by atoms with van der Waals surface area (Å²) in [7, 11) is 9.22. The molecule has 17 heavy (non-hydrogen) atoms. The molecule has 0 saturated heterocycles. The molecule has 0 aliphatic heterocycles. The van der Waals surface area contributed by atoms with E-state index in [-0.39, 0.29) is 114 Å². The van der Waals surface area contributed by atoms with E-state index in [4.69, 9.17) is 0 Å². The Kier molecular flexibility index (Phi) is 11500. The van der Waals surface area contributed by atoms with Crippen molar-refractivity contribution < 1.29 is 79.7 Å². The molecule has 0 aliphatic carbocycles. The molecule has 0 amide bonds. The van der Waals surface area contributed by atoms with Crippen molar-refractivity contribution in [3.8, 4) is 0 Å². The smallest absolute Gasteiger partial charge is 0 e. The molecule has 8 nitrogen and oxygen atoms in total. The molecule has 0 heterocycles.